The van der Waals surface area contributed by atoms with Gasteiger partial charge in [0.05, 0.1) is 36.7 Å². The van der Waals surface area contributed by atoms with Crippen LogP contribution in [0.4, 0.5) is 4.79 Å². The number of carbonyl (C=O) groups excluding carboxylic acids is 2. The molecule has 180 valence electrons. The number of esters is 1. The molecule has 0 bridgehead atoms. The summed E-state index contributed by atoms with van der Waals surface area (Å²) in [6.45, 7) is 2.12. The van der Waals surface area contributed by atoms with Crippen LogP contribution in [0.25, 0.3) is 16.9 Å². The summed E-state index contributed by atoms with van der Waals surface area (Å²) < 4.78 is 6.95. The second kappa shape index (κ2) is 9.92. The Morgan fingerprint density at radius 2 is 1.56 bits per heavy atom. The lowest BCUT2D eigenvalue weighted by atomic mass is 9.93. The van der Waals surface area contributed by atoms with Gasteiger partial charge in [0.1, 0.15) is 0 Å². The highest BCUT2D eigenvalue weighted by Crippen LogP contribution is 2.37. The largest absolute Gasteiger partial charge is 0.466 e. The first-order chi connectivity index (χ1) is 17.6. The second-order valence-corrected chi connectivity index (χ2v) is 8.52. The zero-order valence-electron chi connectivity index (χ0n) is 20.1. The molecule has 0 spiro atoms. The van der Waals surface area contributed by atoms with Crippen molar-refractivity contribution in [2.24, 2.45) is 0 Å². The number of ether oxygens (including phenoxy) is 1. The van der Waals surface area contributed by atoms with Gasteiger partial charge in [-0.05, 0) is 24.6 Å². The molecule has 0 radical (unpaired) electrons. The molecule has 0 saturated heterocycles. The minimum absolute atomic E-state index is 0.291. The van der Waals surface area contributed by atoms with Crippen molar-refractivity contribution in [2.75, 3.05) is 7.11 Å². The maximum atomic E-state index is 13.4. The van der Waals surface area contributed by atoms with Crippen LogP contribution in [-0.4, -0.2) is 33.8 Å². The zero-order chi connectivity index (χ0) is 25.1. The summed E-state index contributed by atoms with van der Waals surface area (Å²) in [4.78, 5) is 28.1. The van der Waals surface area contributed by atoms with Crippen molar-refractivity contribution in [3.05, 3.63) is 120 Å². The van der Waals surface area contributed by atoms with Crippen LogP contribution < -0.4 is 5.32 Å². The number of nitrogens with zero attached hydrogens (tertiary/aromatic N) is 3. The fourth-order valence-corrected chi connectivity index (χ4v) is 4.48. The molecule has 7 heteroatoms. The lowest BCUT2D eigenvalue weighted by molar-refractivity contribution is -0.136. The van der Waals surface area contributed by atoms with Gasteiger partial charge < -0.3 is 10.1 Å². The van der Waals surface area contributed by atoms with Gasteiger partial charge in [-0.2, -0.15) is 5.10 Å². The van der Waals surface area contributed by atoms with Crippen molar-refractivity contribution in [3.8, 4) is 16.9 Å². The molecule has 1 aliphatic rings. The third-order valence-corrected chi connectivity index (χ3v) is 6.31. The van der Waals surface area contributed by atoms with E-state index in [1.165, 1.54) is 7.11 Å². The topological polar surface area (TPSA) is 76.5 Å². The quantitative estimate of drug-likeness (QED) is 0.384. The van der Waals surface area contributed by atoms with E-state index in [0.29, 0.717) is 29.1 Å². The number of hydrogen-bond acceptors (Lipinski definition) is 4. The summed E-state index contributed by atoms with van der Waals surface area (Å²) >= 11 is 0. The summed E-state index contributed by atoms with van der Waals surface area (Å²) in [6, 6.07) is 28.1. The number of amides is 2. The van der Waals surface area contributed by atoms with E-state index in [0.717, 1.165) is 16.8 Å². The van der Waals surface area contributed by atoms with Crippen LogP contribution in [0.2, 0.25) is 0 Å². The number of hydrogen-bond donors (Lipinski definition) is 1. The highest BCUT2D eigenvalue weighted by molar-refractivity contribution is 5.95. The molecular formula is C29H26N4O3. The Balaban J connectivity index is 1.65. The monoisotopic (exact) mass is 478 g/mol. The van der Waals surface area contributed by atoms with Gasteiger partial charge in [0.25, 0.3) is 0 Å². The lowest BCUT2D eigenvalue weighted by Gasteiger charge is -2.35. The molecule has 0 saturated carbocycles. The van der Waals surface area contributed by atoms with Gasteiger partial charge in [0.15, 0.2) is 0 Å². The first kappa shape index (κ1) is 23.1. The maximum absolute atomic E-state index is 13.4. The Hall–Kier alpha value is -4.65. The van der Waals surface area contributed by atoms with Crippen LogP contribution in [0.1, 0.15) is 24.1 Å². The Morgan fingerprint density at radius 1 is 0.944 bits per heavy atom. The van der Waals surface area contributed by atoms with Crippen molar-refractivity contribution in [1.82, 2.24) is 20.0 Å². The van der Waals surface area contributed by atoms with Crippen LogP contribution >= 0.6 is 0 Å². The van der Waals surface area contributed by atoms with Crippen LogP contribution in [0.15, 0.2) is 108 Å². The number of urea groups is 1. The average molecular weight is 479 g/mol. The van der Waals surface area contributed by atoms with Gasteiger partial charge in [-0.25, -0.2) is 14.3 Å². The normalized spacial score (nSPS) is 15.6. The molecule has 0 unspecified atom stereocenters. The smallest absolute Gasteiger partial charge is 0.337 e. The second-order valence-electron chi connectivity index (χ2n) is 8.52. The predicted octanol–water partition coefficient (Wildman–Crippen LogP) is 5.25. The van der Waals surface area contributed by atoms with Crippen LogP contribution in [0.5, 0.6) is 0 Å². The minimum atomic E-state index is -0.732. The van der Waals surface area contributed by atoms with Crippen molar-refractivity contribution < 1.29 is 14.3 Å². The van der Waals surface area contributed by atoms with Crippen molar-refractivity contribution in [1.29, 1.82) is 0 Å². The molecule has 1 atom stereocenters. The molecule has 1 aromatic heterocycles. The third kappa shape index (κ3) is 4.38. The van der Waals surface area contributed by atoms with Gasteiger partial charge >= 0.3 is 12.0 Å². The van der Waals surface area contributed by atoms with E-state index in [9.17, 15) is 9.59 Å². The van der Waals surface area contributed by atoms with E-state index in [2.05, 4.69) is 5.32 Å². The first-order valence-electron chi connectivity index (χ1n) is 11.7. The van der Waals surface area contributed by atoms with Gasteiger partial charge in [-0.3, -0.25) is 4.90 Å². The molecule has 36 heavy (non-hydrogen) atoms. The van der Waals surface area contributed by atoms with Gasteiger partial charge in [-0.15, -0.1) is 0 Å². The van der Waals surface area contributed by atoms with E-state index in [1.807, 2.05) is 97.2 Å². The number of para-hydroxylation sites is 1. The summed E-state index contributed by atoms with van der Waals surface area (Å²) in [5.41, 5.74) is 5.01. The number of allylic oxidation sites excluding steroid dienone is 1. The molecule has 5 rings (SSSR count). The van der Waals surface area contributed by atoms with E-state index in [4.69, 9.17) is 9.84 Å². The number of nitrogens with one attached hydrogen (secondary N) is 1. The molecule has 7 nitrogen and oxygen atoms in total. The highest BCUT2D eigenvalue weighted by Gasteiger charge is 2.38. The number of carbonyl (C=O) groups is 2. The van der Waals surface area contributed by atoms with E-state index in [-0.39, 0.29) is 6.03 Å². The van der Waals surface area contributed by atoms with Gasteiger partial charge in [-0.1, -0.05) is 78.9 Å². The van der Waals surface area contributed by atoms with Crippen molar-refractivity contribution in [2.45, 2.75) is 19.5 Å². The van der Waals surface area contributed by atoms with Crippen LogP contribution in [0.3, 0.4) is 0 Å². The van der Waals surface area contributed by atoms with E-state index in [1.54, 1.807) is 16.5 Å². The molecule has 0 aliphatic carbocycles. The Bertz CT molecular complexity index is 1410. The van der Waals surface area contributed by atoms with Crippen molar-refractivity contribution >= 4 is 12.0 Å². The highest BCUT2D eigenvalue weighted by atomic mass is 16.5. The van der Waals surface area contributed by atoms with Crippen molar-refractivity contribution in [3.63, 3.8) is 0 Å². The summed E-state index contributed by atoms with van der Waals surface area (Å²) in [5, 5.41) is 7.91. The van der Waals surface area contributed by atoms with E-state index >= 15 is 0 Å². The third-order valence-electron chi connectivity index (χ3n) is 6.31. The van der Waals surface area contributed by atoms with E-state index < -0.39 is 12.0 Å². The average Bonchev–Trinajstić information content (AvgIpc) is 3.37. The number of methoxy groups -OCH3 is 1. The van der Waals surface area contributed by atoms with Gasteiger partial charge in [0.2, 0.25) is 0 Å². The fraction of sp³-hybridized carbons (Fsp3) is 0.138. The lowest BCUT2D eigenvalue weighted by Crippen LogP contribution is -2.47. The summed E-state index contributed by atoms with van der Waals surface area (Å²) in [5.74, 6) is -0.498. The predicted molar refractivity (Wildman–Crippen MR) is 137 cm³/mol. The summed E-state index contributed by atoms with van der Waals surface area (Å²) in [6.07, 6.45) is 1.87. The Kier molecular flexibility index (Phi) is 6.36. The molecule has 1 N–H and O–H groups in total. The zero-order valence-corrected chi connectivity index (χ0v) is 20.1. The number of rotatable bonds is 6. The van der Waals surface area contributed by atoms with Crippen LogP contribution in [0, 0.1) is 0 Å². The standard InChI is InChI=1S/C29H26N4O3/c1-20-25(28(34)36-2)27(30-29(35)32(20)18-21-12-6-3-7-13-21)24-19-33(23-16-10-5-11-17-23)31-26(24)22-14-8-4-9-15-22/h3-17,19,27H,18H2,1-2H3,(H,30,35)/t27-/m1/s1. The summed E-state index contributed by atoms with van der Waals surface area (Å²) in [7, 11) is 1.35. The van der Waals surface area contributed by atoms with Crippen LogP contribution in [-0.2, 0) is 16.1 Å². The molecular weight excluding hydrogens is 452 g/mol. The first-order valence-corrected chi connectivity index (χ1v) is 11.7. The van der Waals surface area contributed by atoms with Gasteiger partial charge in [0, 0.05) is 23.0 Å². The molecule has 1 aliphatic heterocycles. The molecule has 2 heterocycles. The minimum Gasteiger partial charge on any atom is -0.466 e. The molecule has 2 amide bonds. The maximum Gasteiger partial charge on any atom is 0.337 e. The fourth-order valence-electron chi connectivity index (χ4n) is 4.48. The molecule has 0 fully saturated rings. The Labute approximate surface area is 209 Å². The Morgan fingerprint density at radius 3 is 2.19 bits per heavy atom. The molecule has 4 aromatic rings. The SMILES string of the molecule is COC(=O)C1=C(C)N(Cc2ccccc2)C(=O)N[C@@H]1c1cn(-c2ccccc2)nc1-c1ccccc1. The number of aromatic nitrogens is 2. The number of benzene rings is 3. The molecule has 3 aromatic carbocycles.